The van der Waals surface area contributed by atoms with Crippen molar-refractivity contribution in [3.8, 4) is 16.9 Å². The summed E-state index contributed by atoms with van der Waals surface area (Å²) in [5, 5.41) is 12.9. The number of fused-ring (bicyclic) bond motifs is 2. The third-order valence-corrected chi connectivity index (χ3v) is 12.3. The molecule has 0 unspecified atom stereocenters. The summed E-state index contributed by atoms with van der Waals surface area (Å²) in [5.74, 6) is 0.533. The molecule has 4 aliphatic rings. The third-order valence-electron chi connectivity index (χ3n) is 12.3. The normalized spacial score (nSPS) is 22.8. The summed E-state index contributed by atoms with van der Waals surface area (Å²) in [6, 6.07) is 29.4. The molecule has 8 heteroatoms. The molecule has 8 nitrogen and oxygen atoms in total. The SMILES string of the molecule is CN(CCOCc1ccc(-c2cc(O)cc3c2C[C@@H](c2ccccc2)CC3)cc1)C1CCC(c2ccc3c(c2)CN([C@H]2CCC(=O)NC2=O)C3=O)CC1. The van der Waals surface area contributed by atoms with Gasteiger partial charge in [-0.05, 0) is 133 Å². The van der Waals surface area contributed by atoms with Crippen LogP contribution in [0.4, 0.5) is 0 Å². The van der Waals surface area contributed by atoms with Crippen LogP contribution < -0.4 is 5.32 Å². The second-order valence-electron chi connectivity index (χ2n) is 15.5. The molecule has 1 saturated heterocycles. The van der Waals surface area contributed by atoms with Gasteiger partial charge in [0.15, 0.2) is 0 Å². The summed E-state index contributed by atoms with van der Waals surface area (Å²) in [4.78, 5) is 41.2. The molecule has 274 valence electrons. The zero-order valence-electron chi connectivity index (χ0n) is 30.6. The molecule has 2 aliphatic carbocycles. The molecule has 3 amide bonds. The van der Waals surface area contributed by atoms with Gasteiger partial charge in [-0.15, -0.1) is 0 Å². The van der Waals surface area contributed by atoms with E-state index < -0.39 is 6.04 Å². The fourth-order valence-electron chi connectivity index (χ4n) is 9.18. The van der Waals surface area contributed by atoms with Gasteiger partial charge in [0.25, 0.3) is 5.91 Å². The molecule has 2 atom stereocenters. The number of likely N-dealkylation sites (N-methyl/N-ethyl adjacent to an activating group) is 1. The molecule has 53 heavy (non-hydrogen) atoms. The van der Waals surface area contributed by atoms with Gasteiger partial charge in [0.05, 0.1) is 13.2 Å². The second-order valence-corrected chi connectivity index (χ2v) is 15.5. The monoisotopic (exact) mass is 711 g/mol. The van der Waals surface area contributed by atoms with E-state index in [2.05, 4.69) is 84.0 Å². The van der Waals surface area contributed by atoms with Crippen molar-refractivity contribution in [3.05, 3.63) is 124 Å². The van der Waals surface area contributed by atoms with Crippen molar-refractivity contribution in [2.45, 2.75) is 94.9 Å². The lowest BCUT2D eigenvalue weighted by molar-refractivity contribution is -0.136. The molecule has 0 radical (unpaired) electrons. The van der Waals surface area contributed by atoms with Crippen LogP contribution in [0.25, 0.3) is 11.1 Å². The molecule has 1 saturated carbocycles. The fraction of sp³-hybridized carbons (Fsp3) is 0.400. The van der Waals surface area contributed by atoms with Crippen LogP contribution in [0.15, 0.2) is 84.9 Å². The molecule has 8 rings (SSSR count). The predicted octanol–water partition coefficient (Wildman–Crippen LogP) is 7.27. The zero-order valence-corrected chi connectivity index (χ0v) is 30.6. The zero-order chi connectivity index (χ0) is 36.5. The molecule has 2 heterocycles. The van der Waals surface area contributed by atoms with E-state index in [1.54, 1.807) is 4.90 Å². The Morgan fingerprint density at radius 3 is 2.36 bits per heavy atom. The first kappa shape index (κ1) is 35.3. The molecule has 4 aromatic carbocycles. The number of imide groups is 1. The van der Waals surface area contributed by atoms with Gasteiger partial charge in [-0.2, -0.15) is 0 Å². The average Bonchev–Trinajstić information content (AvgIpc) is 3.51. The number of carbonyl (C=O) groups is 3. The van der Waals surface area contributed by atoms with E-state index >= 15 is 0 Å². The minimum absolute atomic E-state index is 0.116. The lowest BCUT2D eigenvalue weighted by Crippen LogP contribution is -2.52. The Labute approximate surface area is 312 Å². The number of rotatable bonds is 10. The smallest absolute Gasteiger partial charge is 0.255 e. The number of piperidine rings is 1. The number of benzene rings is 4. The van der Waals surface area contributed by atoms with Crippen molar-refractivity contribution in [1.82, 2.24) is 15.1 Å². The van der Waals surface area contributed by atoms with Crippen LogP contribution in [0.2, 0.25) is 0 Å². The molecule has 4 aromatic rings. The Morgan fingerprint density at radius 1 is 0.792 bits per heavy atom. The van der Waals surface area contributed by atoms with Gasteiger partial charge >= 0.3 is 0 Å². The van der Waals surface area contributed by atoms with Gasteiger partial charge < -0.3 is 19.6 Å². The van der Waals surface area contributed by atoms with Crippen LogP contribution in [-0.2, 0) is 40.3 Å². The van der Waals surface area contributed by atoms with E-state index in [4.69, 9.17) is 4.74 Å². The molecule has 2 aliphatic heterocycles. The number of phenolic OH excluding ortho intramolecular Hbond substituents is 1. The van der Waals surface area contributed by atoms with Crippen molar-refractivity contribution >= 4 is 17.7 Å². The van der Waals surface area contributed by atoms with E-state index in [1.807, 2.05) is 18.2 Å². The van der Waals surface area contributed by atoms with E-state index in [-0.39, 0.29) is 24.1 Å². The van der Waals surface area contributed by atoms with Crippen LogP contribution >= 0.6 is 0 Å². The fourth-order valence-corrected chi connectivity index (χ4v) is 9.18. The Hall–Kier alpha value is -4.79. The number of hydrogen-bond donors (Lipinski definition) is 2. The Morgan fingerprint density at radius 2 is 1.58 bits per heavy atom. The third kappa shape index (κ3) is 7.53. The van der Waals surface area contributed by atoms with Crippen molar-refractivity contribution in [1.29, 1.82) is 0 Å². The van der Waals surface area contributed by atoms with Crippen LogP contribution in [0, 0.1) is 0 Å². The number of phenols is 1. The standard InChI is InChI=1S/C45H49N3O5/c1-47(37-16-13-31(14-17-37)33-15-18-39-36(23-33)27-48(45(39)52)42-19-20-43(50)46-44(42)51)21-22-53-28-29-7-9-32(10-8-29)41-26-38(49)24-35-12-11-34(25-40(35)41)30-5-3-2-4-6-30/h2-10,15,18,23-24,26,31,34,37,42,49H,11-14,16-17,19-22,25,27-28H2,1H3,(H,46,50,51)/t31?,34-,37?,42-/m0/s1. The number of nitrogens with zero attached hydrogens (tertiary/aromatic N) is 2. The van der Waals surface area contributed by atoms with E-state index in [0.717, 1.165) is 73.7 Å². The molecule has 2 N–H and O–H groups in total. The molecular formula is C45H49N3O5. The van der Waals surface area contributed by atoms with Crippen molar-refractivity contribution in [2.75, 3.05) is 20.2 Å². The minimum Gasteiger partial charge on any atom is -0.508 e. The largest absolute Gasteiger partial charge is 0.508 e. The van der Waals surface area contributed by atoms with Crippen molar-refractivity contribution in [2.24, 2.45) is 0 Å². The molecule has 0 aromatic heterocycles. The first-order valence-corrected chi connectivity index (χ1v) is 19.3. The summed E-state index contributed by atoms with van der Waals surface area (Å²) in [7, 11) is 2.20. The van der Waals surface area contributed by atoms with Gasteiger partial charge in [-0.25, -0.2) is 0 Å². The van der Waals surface area contributed by atoms with Gasteiger partial charge in [0.1, 0.15) is 11.8 Å². The Kier molecular flexibility index (Phi) is 10.2. The number of aryl methyl sites for hydroxylation is 1. The molecular weight excluding hydrogens is 663 g/mol. The number of amides is 3. The number of ether oxygens (including phenoxy) is 1. The van der Waals surface area contributed by atoms with Crippen LogP contribution in [-0.4, -0.2) is 64.9 Å². The van der Waals surface area contributed by atoms with Gasteiger partial charge in [-0.1, -0.05) is 66.7 Å². The maximum atomic E-state index is 13.1. The van der Waals surface area contributed by atoms with Gasteiger partial charge in [-0.3, -0.25) is 19.7 Å². The van der Waals surface area contributed by atoms with E-state index in [1.165, 1.54) is 22.3 Å². The summed E-state index contributed by atoms with van der Waals surface area (Å²) >= 11 is 0. The Bertz CT molecular complexity index is 1990. The average molecular weight is 712 g/mol. The van der Waals surface area contributed by atoms with E-state index in [9.17, 15) is 19.5 Å². The highest BCUT2D eigenvalue weighted by molar-refractivity contribution is 6.05. The van der Waals surface area contributed by atoms with Crippen LogP contribution in [0.5, 0.6) is 5.75 Å². The Balaban J connectivity index is 0.800. The highest BCUT2D eigenvalue weighted by Crippen LogP contribution is 2.41. The van der Waals surface area contributed by atoms with Gasteiger partial charge in [0.2, 0.25) is 11.8 Å². The second kappa shape index (κ2) is 15.3. The number of nitrogens with one attached hydrogen (secondary N) is 1. The van der Waals surface area contributed by atoms with Gasteiger partial charge in [0, 0.05) is 31.1 Å². The lowest BCUT2D eigenvalue weighted by Gasteiger charge is -2.35. The predicted molar refractivity (Wildman–Crippen MR) is 205 cm³/mol. The van der Waals surface area contributed by atoms with Crippen LogP contribution in [0.1, 0.15) is 101 Å². The quantitative estimate of drug-likeness (QED) is 0.133. The van der Waals surface area contributed by atoms with Crippen molar-refractivity contribution < 1.29 is 24.2 Å². The summed E-state index contributed by atoms with van der Waals surface area (Å²) in [5.41, 5.74) is 10.3. The number of hydrogen-bond acceptors (Lipinski definition) is 6. The maximum absolute atomic E-state index is 13.1. The molecule has 2 fully saturated rings. The van der Waals surface area contributed by atoms with Crippen molar-refractivity contribution in [3.63, 3.8) is 0 Å². The number of aromatic hydroxyl groups is 1. The summed E-state index contributed by atoms with van der Waals surface area (Å²) in [6.45, 7) is 2.53. The maximum Gasteiger partial charge on any atom is 0.255 e. The molecule has 0 spiro atoms. The van der Waals surface area contributed by atoms with Crippen LogP contribution in [0.3, 0.4) is 0 Å². The first-order chi connectivity index (χ1) is 25.8. The highest BCUT2D eigenvalue weighted by atomic mass is 16.5. The molecule has 0 bridgehead atoms. The first-order valence-electron chi connectivity index (χ1n) is 19.3. The number of carbonyl (C=O) groups excluding carboxylic acids is 3. The lowest BCUT2D eigenvalue weighted by atomic mass is 9.77. The minimum atomic E-state index is -0.582. The summed E-state index contributed by atoms with van der Waals surface area (Å²) in [6.07, 6.45) is 8.14. The van der Waals surface area contributed by atoms with E-state index in [0.29, 0.717) is 55.4 Å². The topological polar surface area (TPSA) is 99.2 Å². The highest BCUT2D eigenvalue weighted by Gasteiger charge is 2.39. The summed E-state index contributed by atoms with van der Waals surface area (Å²) < 4.78 is 6.15.